The van der Waals surface area contributed by atoms with E-state index in [2.05, 4.69) is 9.88 Å². The van der Waals surface area contributed by atoms with Gasteiger partial charge < -0.3 is 9.88 Å². The Bertz CT molecular complexity index is 334. The third-order valence-corrected chi connectivity index (χ3v) is 2.83. The quantitative estimate of drug-likeness (QED) is 0.767. The Morgan fingerprint density at radius 1 is 1.50 bits per heavy atom. The lowest BCUT2D eigenvalue weighted by Gasteiger charge is -2.16. The number of rotatable bonds is 4. The van der Waals surface area contributed by atoms with Crippen molar-refractivity contribution in [2.75, 3.05) is 7.05 Å². The van der Waals surface area contributed by atoms with Crippen molar-refractivity contribution < 1.29 is 0 Å². The Morgan fingerprint density at radius 3 is 2.64 bits per heavy atom. The van der Waals surface area contributed by atoms with Gasteiger partial charge in [0.25, 0.3) is 0 Å². The molecule has 0 amide bonds. The zero-order valence-corrected chi connectivity index (χ0v) is 8.44. The largest absolute Gasteiger partial charge is 0.352 e. The highest BCUT2D eigenvalue weighted by Gasteiger charge is 2.29. The second-order valence-electron chi connectivity index (χ2n) is 3.96. The molecule has 1 aromatic heterocycles. The van der Waals surface area contributed by atoms with Crippen molar-refractivity contribution in [1.82, 2.24) is 9.88 Å². The van der Waals surface area contributed by atoms with Crippen molar-refractivity contribution in [3.8, 4) is 0 Å². The standard InChI is InChI=1S/C11H16N2O/c1-12-11(9-2-3-9)8-13-6-4-10(14)5-7-13/h4-7,9,11-12H,2-3,8H2,1H3. The van der Waals surface area contributed by atoms with Crippen LogP contribution >= 0.6 is 0 Å². The topological polar surface area (TPSA) is 34.0 Å². The fourth-order valence-corrected chi connectivity index (χ4v) is 1.77. The van der Waals surface area contributed by atoms with E-state index in [1.807, 2.05) is 19.4 Å². The zero-order chi connectivity index (χ0) is 9.97. The summed E-state index contributed by atoms with van der Waals surface area (Å²) in [5, 5.41) is 3.33. The second-order valence-corrected chi connectivity index (χ2v) is 3.96. The fraction of sp³-hybridized carbons (Fsp3) is 0.545. The number of nitrogens with one attached hydrogen (secondary N) is 1. The van der Waals surface area contributed by atoms with Crippen molar-refractivity contribution in [3.05, 3.63) is 34.7 Å². The summed E-state index contributed by atoms with van der Waals surface area (Å²) >= 11 is 0. The maximum Gasteiger partial charge on any atom is 0.181 e. The maximum atomic E-state index is 10.9. The minimum atomic E-state index is 0.0775. The number of aromatic nitrogens is 1. The Kier molecular flexibility index (Phi) is 2.68. The lowest BCUT2D eigenvalue weighted by molar-refractivity contribution is 0.434. The van der Waals surface area contributed by atoms with E-state index in [4.69, 9.17) is 0 Å². The van der Waals surface area contributed by atoms with Crippen LogP contribution in [0.2, 0.25) is 0 Å². The summed E-state index contributed by atoms with van der Waals surface area (Å²) < 4.78 is 2.07. The molecule has 0 aliphatic heterocycles. The van der Waals surface area contributed by atoms with E-state index in [1.165, 1.54) is 12.8 Å². The summed E-state index contributed by atoms with van der Waals surface area (Å²) in [7, 11) is 2.01. The molecule has 1 aromatic rings. The number of nitrogens with zero attached hydrogens (tertiary/aromatic N) is 1. The normalized spacial score (nSPS) is 18.1. The zero-order valence-electron chi connectivity index (χ0n) is 8.44. The van der Waals surface area contributed by atoms with Crippen LogP contribution in [0.4, 0.5) is 0 Å². The molecule has 1 saturated carbocycles. The maximum absolute atomic E-state index is 10.9. The Labute approximate surface area is 83.8 Å². The third-order valence-electron chi connectivity index (χ3n) is 2.83. The first-order valence-electron chi connectivity index (χ1n) is 5.13. The summed E-state index contributed by atoms with van der Waals surface area (Å²) in [5.41, 5.74) is 0.0775. The minimum Gasteiger partial charge on any atom is -0.352 e. The minimum absolute atomic E-state index is 0.0775. The first kappa shape index (κ1) is 9.46. The van der Waals surface area contributed by atoms with Crippen molar-refractivity contribution in [2.45, 2.75) is 25.4 Å². The van der Waals surface area contributed by atoms with Crippen LogP contribution in [0.5, 0.6) is 0 Å². The lowest BCUT2D eigenvalue weighted by atomic mass is 10.2. The molecule has 0 spiro atoms. The average molecular weight is 192 g/mol. The molecule has 1 unspecified atom stereocenters. The monoisotopic (exact) mass is 192 g/mol. The highest BCUT2D eigenvalue weighted by atomic mass is 16.1. The highest BCUT2D eigenvalue weighted by molar-refractivity contribution is 4.95. The number of hydrogen-bond donors (Lipinski definition) is 1. The van der Waals surface area contributed by atoms with Gasteiger partial charge in [0.2, 0.25) is 0 Å². The summed E-state index contributed by atoms with van der Waals surface area (Å²) in [6.45, 7) is 0.960. The summed E-state index contributed by atoms with van der Waals surface area (Å²) in [6.07, 6.45) is 6.39. The van der Waals surface area contributed by atoms with Gasteiger partial charge in [0, 0.05) is 37.1 Å². The number of hydrogen-bond acceptors (Lipinski definition) is 2. The predicted octanol–water partition coefficient (Wildman–Crippen LogP) is 0.846. The molecular weight excluding hydrogens is 176 g/mol. The molecule has 2 rings (SSSR count). The molecule has 76 valence electrons. The number of pyridine rings is 1. The lowest BCUT2D eigenvalue weighted by Crippen LogP contribution is -2.32. The molecule has 0 saturated heterocycles. The molecule has 0 bridgehead atoms. The van der Waals surface area contributed by atoms with Crippen molar-refractivity contribution in [2.24, 2.45) is 5.92 Å². The molecule has 1 N–H and O–H groups in total. The van der Waals surface area contributed by atoms with Gasteiger partial charge in [0.1, 0.15) is 0 Å². The van der Waals surface area contributed by atoms with Gasteiger partial charge in [0.05, 0.1) is 0 Å². The van der Waals surface area contributed by atoms with Crippen LogP contribution in [0.1, 0.15) is 12.8 Å². The van der Waals surface area contributed by atoms with Gasteiger partial charge in [-0.15, -0.1) is 0 Å². The molecule has 1 aliphatic carbocycles. The van der Waals surface area contributed by atoms with Crippen LogP contribution in [-0.4, -0.2) is 17.7 Å². The van der Waals surface area contributed by atoms with Crippen LogP contribution < -0.4 is 10.7 Å². The Hall–Kier alpha value is -1.09. The van der Waals surface area contributed by atoms with E-state index < -0.39 is 0 Å². The first-order chi connectivity index (χ1) is 6.79. The Morgan fingerprint density at radius 2 is 2.14 bits per heavy atom. The van der Waals surface area contributed by atoms with Crippen LogP contribution in [0.3, 0.4) is 0 Å². The van der Waals surface area contributed by atoms with Crippen molar-refractivity contribution in [3.63, 3.8) is 0 Å². The highest BCUT2D eigenvalue weighted by Crippen LogP contribution is 2.32. The van der Waals surface area contributed by atoms with E-state index in [9.17, 15) is 4.79 Å². The Balaban J connectivity index is 2.01. The SMILES string of the molecule is CNC(Cn1ccc(=O)cc1)C1CC1. The molecule has 1 atom stereocenters. The third kappa shape index (κ3) is 2.23. The first-order valence-corrected chi connectivity index (χ1v) is 5.13. The molecule has 1 aliphatic rings. The van der Waals surface area contributed by atoms with Gasteiger partial charge in [-0.3, -0.25) is 4.79 Å². The van der Waals surface area contributed by atoms with E-state index in [-0.39, 0.29) is 5.43 Å². The predicted molar refractivity (Wildman–Crippen MR) is 56.3 cm³/mol. The molecule has 1 fully saturated rings. The molecule has 3 nitrogen and oxygen atoms in total. The molecule has 14 heavy (non-hydrogen) atoms. The fourth-order valence-electron chi connectivity index (χ4n) is 1.77. The summed E-state index contributed by atoms with van der Waals surface area (Å²) in [5.74, 6) is 0.833. The molecule has 0 radical (unpaired) electrons. The van der Waals surface area contributed by atoms with E-state index in [0.29, 0.717) is 6.04 Å². The summed E-state index contributed by atoms with van der Waals surface area (Å²) in [4.78, 5) is 10.9. The van der Waals surface area contributed by atoms with Crippen molar-refractivity contribution in [1.29, 1.82) is 0 Å². The molecule has 0 aromatic carbocycles. The van der Waals surface area contributed by atoms with Gasteiger partial charge in [-0.2, -0.15) is 0 Å². The molecule has 1 heterocycles. The van der Waals surface area contributed by atoms with Crippen molar-refractivity contribution >= 4 is 0 Å². The van der Waals surface area contributed by atoms with Gasteiger partial charge in [-0.25, -0.2) is 0 Å². The second kappa shape index (κ2) is 3.96. The van der Waals surface area contributed by atoms with Gasteiger partial charge >= 0.3 is 0 Å². The van der Waals surface area contributed by atoms with Crippen LogP contribution in [-0.2, 0) is 6.54 Å². The van der Waals surface area contributed by atoms with Gasteiger partial charge in [-0.1, -0.05) is 0 Å². The molecular formula is C11H16N2O. The smallest absolute Gasteiger partial charge is 0.181 e. The van der Waals surface area contributed by atoms with Gasteiger partial charge in [0.15, 0.2) is 5.43 Å². The molecule has 3 heteroatoms. The van der Waals surface area contributed by atoms with E-state index in [1.54, 1.807) is 12.1 Å². The summed E-state index contributed by atoms with van der Waals surface area (Å²) in [6, 6.07) is 3.77. The van der Waals surface area contributed by atoms with E-state index in [0.717, 1.165) is 12.5 Å². The number of likely N-dealkylation sites (N-methyl/N-ethyl adjacent to an activating group) is 1. The van der Waals surface area contributed by atoms with Crippen LogP contribution in [0.15, 0.2) is 29.3 Å². The van der Waals surface area contributed by atoms with E-state index >= 15 is 0 Å². The van der Waals surface area contributed by atoms with Gasteiger partial charge in [-0.05, 0) is 25.8 Å². The average Bonchev–Trinajstić information content (AvgIpc) is 3.01. The van der Waals surface area contributed by atoms with Crippen LogP contribution in [0.25, 0.3) is 0 Å². The van der Waals surface area contributed by atoms with Crippen LogP contribution in [0, 0.1) is 5.92 Å².